The summed E-state index contributed by atoms with van der Waals surface area (Å²) in [7, 11) is 0. The molecular formula is C18H26O. The lowest BCUT2D eigenvalue weighted by molar-refractivity contribution is -0.112. The summed E-state index contributed by atoms with van der Waals surface area (Å²) >= 11 is 0. The highest BCUT2D eigenvalue weighted by atomic mass is 16.1. The second-order valence-corrected chi connectivity index (χ2v) is 5.90. The highest BCUT2D eigenvalue weighted by molar-refractivity contribution is 5.87. The van der Waals surface area contributed by atoms with Gasteiger partial charge in [0.25, 0.3) is 0 Å². The van der Waals surface area contributed by atoms with Gasteiger partial charge in [0.1, 0.15) is 0 Å². The molecule has 1 aliphatic rings. The van der Waals surface area contributed by atoms with Crippen molar-refractivity contribution in [2.45, 2.75) is 53.8 Å². The van der Waals surface area contributed by atoms with Crippen LogP contribution >= 0.6 is 0 Å². The van der Waals surface area contributed by atoms with Gasteiger partial charge in [0, 0.05) is 4.11 Å². The van der Waals surface area contributed by atoms with E-state index >= 15 is 0 Å². The Hall–Kier alpha value is -1.37. The van der Waals surface area contributed by atoms with E-state index in [1.54, 1.807) is 6.08 Å². The maximum Gasteiger partial charge on any atom is 0.152 e. The number of carbonyl (C=O) groups is 1. The molecule has 0 aromatic carbocycles. The summed E-state index contributed by atoms with van der Waals surface area (Å²) in [5.74, 6) is -0.840. The summed E-state index contributed by atoms with van der Waals surface area (Å²) in [5, 5.41) is 0. The quantitative estimate of drug-likeness (QED) is 0.504. The first-order valence-electron chi connectivity index (χ1n) is 8.32. The van der Waals surface area contributed by atoms with E-state index in [1.165, 1.54) is 30.1 Å². The van der Waals surface area contributed by atoms with E-state index in [2.05, 4.69) is 26.8 Å². The van der Waals surface area contributed by atoms with E-state index in [0.717, 1.165) is 18.1 Å². The SMILES string of the molecule is [2H]C([2H])([2H])C(=O)/C=C/C=C(C)\C=C\C1=C(C)CCCC1(C)C. The largest absolute Gasteiger partial charge is 0.295 e. The van der Waals surface area contributed by atoms with E-state index in [0.29, 0.717) is 0 Å². The standard InChI is InChI=1S/C18H26O/c1-14(8-6-10-16(3)19)11-12-17-15(2)9-7-13-18(17,4)5/h6,8,10-12H,7,9,13H2,1-5H3/b10-6+,12-11+,14-8-/i3D3. The van der Waals surface area contributed by atoms with Gasteiger partial charge in [-0.25, -0.2) is 0 Å². The van der Waals surface area contributed by atoms with Gasteiger partial charge in [-0.2, -0.15) is 0 Å². The number of rotatable bonds is 4. The molecule has 0 aliphatic heterocycles. The minimum absolute atomic E-state index is 0.201. The fourth-order valence-electron chi connectivity index (χ4n) is 2.57. The lowest BCUT2D eigenvalue weighted by Crippen LogP contribution is -2.19. The summed E-state index contributed by atoms with van der Waals surface area (Å²) in [6.45, 7) is 6.11. The summed E-state index contributed by atoms with van der Waals surface area (Å²) < 4.78 is 21.0. The van der Waals surface area contributed by atoms with Gasteiger partial charge in [-0.3, -0.25) is 4.79 Å². The maximum absolute atomic E-state index is 11.3. The smallest absolute Gasteiger partial charge is 0.152 e. The average Bonchev–Trinajstić information content (AvgIpc) is 2.36. The second-order valence-electron chi connectivity index (χ2n) is 5.90. The Morgan fingerprint density at radius 3 is 2.74 bits per heavy atom. The summed E-state index contributed by atoms with van der Waals surface area (Å²) in [6, 6.07) is 0. The second kappa shape index (κ2) is 6.70. The van der Waals surface area contributed by atoms with Crippen molar-refractivity contribution >= 4 is 5.78 Å². The fourth-order valence-corrected chi connectivity index (χ4v) is 2.57. The Labute approximate surface area is 122 Å². The van der Waals surface area contributed by atoms with E-state index in [9.17, 15) is 4.79 Å². The first-order chi connectivity index (χ1) is 10.0. The van der Waals surface area contributed by atoms with Crippen molar-refractivity contribution < 1.29 is 8.91 Å². The zero-order valence-corrected chi connectivity index (χ0v) is 12.4. The third-order valence-electron chi connectivity index (χ3n) is 3.66. The van der Waals surface area contributed by atoms with Crippen LogP contribution < -0.4 is 0 Å². The summed E-state index contributed by atoms with van der Waals surface area (Å²) in [5.41, 5.74) is 4.00. The van der Waals surface area contributed by atoms with E-state index in [-0.39, 0.29) is 5.41 Å². The maximum atomic E-state index is 11.3. The number of ketones is 1. The van der Waals surface area contributed by atoms with Gasteiger partial charge in [0.15, 0.2) is 5.78 Å². The Kier molecular flexibility index (Phi) is 4.04. The van der Waals surface area contributed by atoms with Gasteiger partial charge in [-0.15, -0.1) is 0 Å². The van der Waals surface area contributed by atoms with Crippen molar-refractivity contribution in [2.24, 2.45) is 5.41 Å². The highest BCUT2D eigenvalue weighted by Gasteiger charge is 2.26. The minimum Gasteiger partial charge on any atom is -0.295 e. The van der Waals surface area contributed by atoms with Crippen LogP contribution in [0.5, 0.6) is 0 Å². The zero-order valence-electron chi connectivity index (χ0n) is 15.4. The van der Waals surface area contributed by atoms with Crippen molar-refractivity contribution in [2.75, 3.05) is 0 Å². The highest BCUT2D eigenvalue weighted by Crippen LogP contribution is 2.40. The third kappa shape index (κ3) is 5.02. The lowest BCUT2D eigenvalue weighted by Gasteiger charge is -2.32. The molecule has 0 unspecified atom stereocenters. The normalized spacial score (nSPS) is 23.6. The molecule has 1 heteroatoms. The van der Waals surface area contributed by atoms with Crippen molar-refractivity contribution in [1.82, 2.24) is 0 Å². The molecular weight excluding hydrogens is 232 g/mol. The van der Waals surface area contributed by atoms with Crippen LogP contribution in [0.1, 0.15) is 57.9 Å². The topological polar surface area (TPSA) is 17.1 Å². The van der Waals surface area contributed by atoms with Gasteiger partial charge < -0.3 is 0 Å². The van der Waals surface area contributed by atoms with Crippen LogP contribution in [0.15, 0.2) is 47.1 Å². The lowest BCUT2D eigenvalue weighted by atomic mass is 9.72. The number of carbonyl (C=O) groups excluding carboxylic acids is 1. The Morgan fingerprint density at radius 2 is 2.11 bits per heavy atom. The Balaban J connectivity index is 2.80. The van der Waals surface area contributed by atoms with Crippen molar-refractivity contribution in [3.8, 4) is 0 Å². The van der Waals surface area contributed by atoms with Gasteiger partial charge in [-0.05, 0) is 57.0 Å². The molecule has 0 atom stereocenters. The van der Waals surface area contributed by atoms with Crippen LogP contribution in [-0.2, 0) is 4.79 Å². The van der Waals surface area contributed by atoms with Gasteiger partial charge in [-0.1, -0.05) is 49.3 Å². The van der Waals surface area contributed by atoms with Crippen molar-refractivity contribution in [3.63, 3.8) is 0 Å². The van der Waals surface area contributed by atoms with Gasteiger partial charge in [0.05, 0.1) is 0 Å². The van der Waals surface area contributed by atoms with E-state index in [1.807, 2.05) is 13.0 Å². The molecule has 104 valence electrons. The Bertz CT molecular complexity index is 543. The van der Waals surface area contributed by atoms with Gasteiger partial charge in [0.2, 0.25) is 0 Å². The summed E-state index contributed by atoms with van der Waals surface area (Å²) in [4.78, 5) is 11.3. The predicted molar refractivity (Wildman–Crippen MR) is 83.1 cm³/mol. The average molecular weight is 261 g/mol. The molecule has 19 heavy (non-hydrogen) atoms. The summed E-state index contributed by atoms with van der Waals surface area (Å²) in [6.07, 6.45) is 12.1. The van der Waals surface area contributed by atoms with Gasteiger partial charge >= 0.3 is 0 Å². The number of allylic oxidation sites excluding steroid dienone is 8. The molecule has 0 saturated carbocycles. The molecule has 1 nitrogen and oxygen atoms in total. The van der Waals surface area contributed by atoms with Crippen LogP contribution in [0.25, 0.3) is 0 Å². The Morgan fingerprint density at radius 1 is 1.37 bits per heavy atom. The van der Waals surface area contributed by atoms with Crippen LogP contribution in [0.3, 0.4) is 0 Å². The molecule has 0 N–H and O–H groups in total. The molecule has 0 aromatic heterocycles. The molecule has 0 radical (unpaired) electrons. The van der Waals surface area contributed by atoms with E-state index in [4.69, 9.17) is 4.11 Å². The molecule has 0 amide bonds. The van der Waals surface area contributed by atoms with Crippen molar-refractivity contribution in [1.29, 1.82) is 0 Å². The first-order valence-corrected chi connectivity index (χ1v) is 6.82. The predicted octanol–water partition coefficient (Wildman–Crippen LogP) is 5.16. The molecule has 0 bridgehead atoms. The molecule has 0 saturated heterocycles. The first kappa shape index (κ1) is 11.5. The molecule has 1 aliphatic carbocycles. The van der Waals surface area contributed by atoms with Crippen molar-refractivity contribution in [3.05, 3.63) is 47.1 Å². The third-order valence-corrected chi connectivity index (χ3v) is 3.66. The van der Waals surface area contributed by atoms with Crippen LogP contribution in [0, 0.1) is 5.41 Å². The molecule has 0 spiro atoms. The minimum atomic E-state index is -2.55. The molecule has 0 fully saturated rings. The monoisotopic (exact) mass is 261 g/mol. The van der Waals surface area contributed by atoms with Crippen LogP contribution in [-0.4, -0.2) is 5.78 Å². The molecule has 0 aromatic rings. The molecule has 1 rings (SSSR count). The number of hydrogen-bond donors (Lipinski definition) is 0. The number of hydrogen-bond acceptors (Lipinski definition) is 1. The molecule has 0 heterocycles. The van der Waals surface area contributed by atoms with Crippen LogP contribution in [0.2, 0.25) is 0 Å². The van der Waals surface area contributed by atoms with Crippen LogP contribution in [0.4, 0.5) is 0 Å². The zero-order chi connectivity index (χ0) is 17.0. The van der Waals surface area contributed by atoms with E-state index < -0.39 is 12.6 Å². The fraction of sp³-hybridized carbons (Fsp3) is 0.500.